The second kappa shape index (κ2) is 5.23. The number of amides is 2. The summed E-state index contributed by atoms with van der Waals surface area (Å²) in [7, 11) is 0. The van der Waals surface area contributed by atoms with E-state index in [9.17, 15) is 9.59 Å². The third-order valence-electron chi connectivity index (χ3n) is 5.38. The number of nitrogens with zero attached hydrogens (tertiary/aromatic N) is 1. The fourth-order valence-corrected chi connectivity index (χ4v) is 4.32. The Labute approximate surface area is 114 Å². The minimum Gasteiger partial charge on any atom is -0.330 e. The third kappa shape index (κ3) is 2.10. The quantitative estimate of drug-likeness (QED) is 0.772. The molecule has 3 aliphatic rings. The first-order chi connectivity index (χ1) is 9.24. The van der Waals surface area contributed by atoms with Gasteiger partial charge in [-0.15, -0.1) is 0 Å². The van der Waals surface area contributed by atoms with Crippen LogP contribution in [0.5, 0.6) is 0 Å². The molecule has 106 valence electrons. The Bertz CT molecular complexity index is 358. The Morgan fingerprint density at radius 1 is 0.895 bits per heavy atom. The van der Waals surface area contributed by atoms with Crippen molar-refractivity contribution in [2.75, 3.05) is 6.54 Å². The van der Waals surface area contributed by atoms with Gasteiger partial charge in [0.1, 0.15) is 0 Å². The lowest BCUT2D eigenvalue weighted by Gasteiger charge is -2.36. The summed E-state index contributed by atoms with van der Waals surface area (Å²) in [4.78, 5) is 26.8. The van der Waals surface area contributed by atoms with Crippen LogP contribution in [-0.2, 0) is 9.59 Å². The van der Waals surface area contributed by atoms with Crippen molar-refractivity contribution in [3.05, 3.63) is 0 Å². The fraction of sp³-hybridized carbons (Fsp3) is 0.867. The number of fused-ring (bicyclic) bond motifs is 1. The van der Waals surface area contributed by atoms with Crippen molar-refractivity contribution in [2.24, 2.45) is 23.5 Å². The van der Waals surface area contributed by atoms with E-state index in [1.807, 2.05) is 0 Å². The van der Waals surface area contributed by atoms with Gasteiger partial charge >= 0.3 is 0 Å². The number of imide groups is 1. The molecule has 0 aromatic heterocycles. The molecule has 1 aliphatic heterocycles. The van der Waals surface area contributed by atoms with E-state index in [0.29, 0.717) is 12.5 Å². The lowest BCUT2D eigenvalue weighted by molar-refractivity contribution is -0.144. The van der Waals surface area contributed by atoms with Gasteiger partial charge in [0.25, 0.3) is 0 Å². The molecular weight excluding hydrogens is 240 g/mol. The Morgan fingerprint density at radius 2 is 1.42 bits per heavy atom. The number of hydrogen-bond donors (Lipinski definition) is 1. The SMILES string of the molecule is NCC1CCCCC1N1C(=O)C2CCCCC2C1=O. The first kappa shape index (κ1) is 13.1. The van der Waals surface area contributed by atoms with Crippen molar-refractivity contribution < 1.29 is 9.59 Å². The highest BCUT2D eigenvalue weighted by Gasteiger charge is 2.51. The van der Waals surface area contributed by atoms with E-state index in [2.05, 4.69) is 0 Å². The van der Waals surface area contributed by atoms with Crippen molar-refractivity contribution in [2.45, 2.75) is 57.4 Å². The smallest absolute Gasteiger partial charge is 0.233 e. The molecule has 4 atom stereocenters. The Hall–Kier alpha value is -0.900. The summed E-state index contributed by atoms with van der Waals surface area (Å²) in [5.41, 5.74) is 5.85. The van der Waals surface area contributed by atoms with Crippen molar-refractivity contribution in [1.82, 2.24) is 4.90 Å². The van der Waals surface area contributed by atoms with Gasteiger partial charge in [0, 0.05) is 6.04 Å². The Morgan fingerprint density at radius 3 is 2.00 bits per heavy atom. The largest absolute Gasteiger partial charge is 0.330 e. The van der Waals surface area contributed by atoms with Crippen LogP contribution in [0.1, 0.15) is 51.4 Å². The zero-order valence-corrected chi connectivity index (χ0v) is 11.5. The predicted octanol–water partition coefficient (Wildman–Crippen LogP) is 1.68. The maximum Gasteiger partial charge on any atom is 0.233 e. The minimum atomic E-state index is -0.0124. The normalized spacial score (nSPS) is 39.5. The molecule has 2 saturated carbocycles. The van der Waals surface area contributed by atoms with E-state index in [-0.39, 0.29) is 29.7 Å². The highest BCUT2D eigenvalue weighted by molar-refractivity contribution is 6.05. The van der Waals surface area contributed by atoms with Gasteiger partial charge in [0.2, 0.25) is 11.8 Å². The lowest BCUT2D eigenvalue weighted by atomic mass is 9.81. The van der Waals surface area contributed by atoms with Crippen LogP contribution in [0.15, 0.2) is 0 Å². The molecule has 4 nitrogen and oxygen atoms in total. The summed E-state index contributed by atoms with van der Waals surface area (Å²) in [5, 5.41) is 0. The van der Waals surface area contributed by atoms with Crippen LogP contribution in [0, 0.1) is 17.8 Å². The molecule has 0 radical (unpaired) electrons. The molecular formula is C15H24N2O2. The summed E-state index contributed by atoms with van der Waals surface area (Å²) >= 11 is 0. The number of rotatable bonds is 2. The van der Waals surface area contributed by atoms with Crippen LogP contribution in [-0.4, -0.2) is 29.3 Å². The number of carbonyl (C=O) groups excluding carboxylic acids is 2. The summed E-state index contributed by atoms with van der Waals surface area (Å²) < 4.78 is 0. The minimum absolute atomic E-state index is 0.0124. The van der Waals surface area contributed by atoms with Crippen LogP contribution in [0.25, 0.3) is 0 Å². The van der Waals surface area contributed by atoms with E-state index in [0.717, 1.165) is 44.9 Å². The molecule has 4 heteroatoms. The molecule has 1 heterocycles. The van der Waals surface area contributed by atoms with E-state index < -0.39 is 0 Å². The number of likely N-dealkylation sites (tertiary alicyclic amines) is 1. The van der Waals surface area contributed by atoms with Crippen molar-refractivity contribution in [1.29, 1.82) is 0 Å². The zero-order valence-electron chi connectivity index (χ0n) is 11.5. The van der Waals surface area contributed by atoms with E-state index in [1.165, 1.54) is 6.42 Å². The topological polar surface area (TPSA) is 63.4 Å². The lowest BCUT2D eigenvalue weighted by Crippen LogP contribution is -2.48. The van der Waals surface area contributed by atoms with Crippen molar-refractivity contribution >= 4 is 11.8 Å². The monoisotopic (exact) mass is 264 g/mol. The molecule has 4 unspecified atom stereocenters. The number of hydrogen-bond acceptors (Lipinski definition) is 3. The molecule has 0 spiro atoms. The number of nitrogens with two attached hydrogens (primary N) is 1. The summed E-state index contributed by atoms with van der Waals surface area (Å²) in [6, 6.07) is 0.0874. The van der Waals surface area contributed by atoms with Gasteiger partial charge in [-0.2, -0.15) is 0 Å². The second-order valence-electron chi connectivity index (χ2n) is 6.39. The molecule has 0 bridgehead atoms. The van der Waals surface area contributed by atoms with E-state index in [4.69, 9.17) is 5.73 Å². The average Bonchev–Trinajstić information content (AvgIpc) is 2.71. The average molecular weight is 264 g/mol. The molecule has 2 aliphatic carbocycles. The van der Waals surface area contributed by atoms with Gasteiger partial charge in [0.15, 0.2) is 0 Å². The Balaban J connectivity index is 1.83. The number of carbonyl (C=O) groups is 2. The third-order valence-corrected chi connectivity index (χ3v) is 5.38. The van der Waals surface area contributed by atoms with E-state index in [1.54, 1.807) is 4.90 Å². The molecule has 1 saturated heterocycles. The fourth-order valence-electron chi connectivity index (χ4n) is 4.32. The van der Waals surface area contributed by atoms with E-state index >= 15 is 0 Å². The molecule has 3 rings (SSSR count). The summed E-state index contributed by atoms with van der Waals surface area (Å²) in [6.07, 6.45) is 8.33. The first-order valence-electron chi connectivity index (χ1n) is 7.81. The molecule has 3 fully saturated rings. The van der Waals surface area contributed by atoms with Gasteiger partial charge in [0.05, 0.1) is 11.8 Å². The molecule has 0 aromatic rings. The van der Waals surface area contributed by atoms with Crippen LogP contribution >= 0.6 is 0 Å². The van der Waals surface area contributed by atoms with Crippen molar-refractivity contribution in [3.8, 4) is 0 Å². The summed E-state index contributed by atoms with van der Waals surface area (Å²) in [6.45, 7) is 0.594. The second-order valence-corrected chi connectivity index (χ2v) is 6.39. The standard InChI is InChI=1S/C15H24N2O2/c16-9-10-5-1-4-8-13(10)17-14(18)11-6-2-3-7-12(11)15(17)19/h10-13H,1-9,16H2. The summed E-state index contributed by atoms with van der Waals surface area (Å²) in [5.74, 6) is 0.519. The molecule has 0 aromatic carbocycles. The zero-order chi connectivity index (χ0) is 13.4. The van der Waals surface area contributed by atoms with Gasteiger partial charge < -0.3 is 5.73 Å². The maximum atomic E-state index is 12.6. The maximum absolute atomic E-state index is 12.6. The van der Waals surface area contributed by atoms with Gasteiger partial charge in [-0.1, -0.05) is 25.7 Å². The van der Waals surface area contributed by atoms with Crippen LogP contribution < -0.4 is 5.73 Å². The van der Waals surface area contributed by atoms with Crippen molar-refractivity contribution in [3.63, 3.8) is 0 Å². The van der Waals surface area contributed by atoms with Gasteiger partial charge in [-0.05, 0) is 38.1 Å². The highest BCUT2D eigenvalue weighted by Crippen LogP contribution is 2.41. The predicted molar refractivity (Wildman–Crippen MR) is 72.1 cm³/mol. The van der Waals surface area contributed by atoms with Gasteiger partial charge in [-0.3, -0.25) is 14.5 Å². The molecule has 2 amide bonds. The van der Waals surface area contributed by atoms with Gasteiger partial charge in [-0.25, -0.2) is 0 Å². The van der Waals surface area contributed by atoms with Crippen LogP contribution in [0.2, 0.25) is 0 Å². The molecule has 2 N–H and O–H groups in total. The van der Waals surface area contributed by atoms with Crippen LogP contribution in [0.4, 0.5) is 0 Å². The Kier molecular flexibility index (Phi) is 3.61. The van der Waals surface area contributed by atoms with Crippen LogP contribution in [0.3, 0.4) is 0 Å². The first-order valence-corrected chi connectivity index (χ1v) is 7.81. The highest BCUT2D eigenvalue weighted by atomic mass is 16.2. The molecule has 19 heavy (non-hydrogen) atoms.